The molecule has 0 saturated heterocycles. The summed E-state index contributed by atoms with van der Waals surface area (Å²) in [4.78, 5) is 0. The van der Waals surface area contributed by atoms with Crippen LogP contribution >= 0.6 is 11.3 Å². The Kier molecular flexibility index (Phi) is 2.37. The van der Waals surface area contributed by atoms with E-state index in [1.807, 2.05) is 11.3 Å². The maximum Gasteiger partial charge on any atom is 0.0361 e. The second kappa shape index (κ2) is 4.46. The van der Waals surface area contributed by atoms with Gasteiger partial charge in [-0.2, -0.15) is 0 Å². The van der Waals surface area contributed by atoms with Crippen LogP contribution in [0.4, 0.5) is 0 Å². The van der Waals surface area contributed by atoms with Crippen LogP contribution in [0.1, 0.15) is 11.1 Å². The van der Waals surface area contributed by atoms with Gasteiger partial charge in [-0.25, -0.2) is 0 Å². The van der Waals surface area contributed by atoms with E-state index in [9.17, 15) is 0 Å². The molecule has 1 aliphatic carbocycles. The van der Waals surface area contributed by atoms with E-state index >= 15 is 0 Å². The van der Waals surface area contributed by atoms with Crippen molar-refractivity contribution < 1.29 is 0 Å². The van der Waals surface area contributed by atoms with Crippen LogP contribution in [-0.2, 0) is 6.42 Å². The maximum absolute atomic E-state index is 2.43. The van der Waals surface area contributed by atoms with E-state index in [2.05, 4.69) is 72.8 Å². The lowest BCUT2D eigenvalue weighted by Crippen LogP contribution is -1.82. The van der Waals surface area contributed by atoms with Crippen molar-refractivity contribution in [1.29, 1.82) is 0 Å². The molecule has 1 aromatic heterocycles. The largest absolute Gasteiger partial charge is 0.135 e. The van der Waals surface area contributed by atoms with Gasteiger partial charge in [0.15, 0.2) is 0 Å². The summed E-state index contributed by atoms with van der Waals surface area (Å²) < 4.78 is 2.76. The highest BCUT2D eigenvalue weighted by Crippen LogP contribution is 2.43. The Morgan fingerprint density at radius 3 is 2.50 bits per heavy atom. The number of fused-ring (bicyclic) bond motifs is 8. The first-order valence-corrected chi connectivity index (χ1v) is 9.15. The van der Waals surface area contributed by atoms with Crippen LogP contribution < -0.4 is 0 Å². The summed E-state index contributed by atoms with van der Waals surface area (Å²) in [6.45, 7) is 0. The summed E-state index contributed by atoms with van der Waals surface area (Å²) in [5.41, 5.74) is 5.74. The van der Waals surface area contributed by atoms with Crippen LogP contribution in [0, 0.1) is 0 Å². The fourth-order valence-electron chi connectivity index (χ4n) is 4.18. The number of thiophene rings is 1. The molecule has 0 bridgehead atoms. The van der Waals surface area contributed by atoms with Crippen LogP contribution in [0.15, 0.2) is 72.8 Å². The molecule has 0 spiro atoms. The van der Waals surface area contributed by atoms with Gasteiger partial charge < -0.3 is 0 Å². The summed E-state index contributed by atoms with van der Waals surface area (Å²) in [6, 6.07) is 27.0. The van der Waals surface area contributed by atoms with E-state index in [1.165, 1.54) is 53.2 Å². The van der Waals surface area contributed by atoms with Gasteiger partial charge in [-0.15, -0.1) is 11.3 Å². The van der Waals surface area contributed by atoms with Crippen molar-refractivity contribution in [3.05, 3.63) is 83.9 Å². The predicted octanol–water partition coefficient (Wildman–Crippen LogP) is 6.78. The highest BCUT2D eigenvalue weighted by Gasteiger charge is 2.19. The van der Waals surface area contributed by atoms with Gasteiger partial charge in [0.05, 0.1) is 0 Å². The Bertz CT molecular complexity index is 1270. The Morgan fingerprint density at radius 2 is 1.50 bits per heavy atom. The van der Waals surface area contributed by atoms with Crippen LogP contribution in [0.5, 0.6) is 0 Å². The van der Waals surface area contributed by atoms with Gasteiger partial charge in [0, 0.05) is 20.2 Å². The van der Waals surface area contributed by atoms with Crippen LogP contribution in [-0.4, -0.2) is 0 Å². The molecule has 0 fully saturated rings. The first kappa shape index (κ1) is 12.7. The van der Waals surface area contributed by atoms with E-state index < -0.39 is 0 Å². The second-order valence-electron chi connectivity index (χ2n) is 6.60. The average molecular weight is 322 g/mol. The van der Waals surface area contributed by atoms with Crippen molar-refractivity contribution in [1.82, 2.24) is 0 Å². The molecule has 0 amide bonds. The SMILES string of the molecule is c1ccc2c(c1)Cc1cc3ccc4sc5ccccc5c4c3cc1-2. The number of rotatable bonds is 0. The molecule has 4 aromatic carbocycles. The van der Waals surface area contributed by atoms with Crippen molar-refractivity contribution in [2.45, 2.75) is 6.42 Å². The normalized spacial score (nSPS) is 12.8. The molecule has 24 heavy (non-hydrogen) atoms. The first-order chi connectivity index (χ1) is 11.9. The van der Waals surface area contributed by atoms with Crippen LogP contribution in [0.3, 0.4) is 0 Å². The topological polar surface area (TPSA) is 0 Å². The number of hydrogen-bond acceptors (Lipinski definition) is 1. The van der Waals surface area contributed by atoms with Gasteiger partial charge in [-0.3, -0.25) is 0 Å². The molecule has 0 radical (unpaired) electrons. The van der Waals surface area contributed by atoms with E-state index in [-0.39, 0.29) is 0 Å². The maximum atomic E-state index is 2.43. The summed E-state index contributed by atoms with van der Waals surface area (Å²) >= 11 is 1.90. The van der Waals surface area contributed by atoms with E-state index in [0.29, 0.717) is 0 Å². The van der Waals surface area contributed by atoms with E-state index in [0.717, 1.165) is 6.42 Å². The summed E-state index contributed by atoms with van der Waals surface area (Å²) in [5, 5.41) is 5.55. The molecule has 1 heterocycles. The third kappa shape index (κ3) is 1.58. The van der Waals surface area contributed by atoms with Gasteiger partial charge in [0.2, 0.25) is 0 Å². The molecule has 0 N–H and O–H groups in total. The summed E-state index contributed by atoms with van der Waals surface area (Å²) in [6.07, 6.45) is 1.06. The first-order valence-electron chi connectivity index (χ1n) is 8.34. The zero-order chi connectivity index (χ0) is 15.7. The average Bonchev–Trinajstić information content (AvgIpc) is 3.17. The minimum Gasteiger partial charge on any atom is -0.135 e. The fourth-order valence-corrected chi connectivity index (χ4v) is 5.30. The smallest absolute Gasteiger partial charge is 0.0361 e. The van der Waals surface area contributed by atoms with Gasteiger partial charge in [-0.05, 0) is 57.6 Å². The lowest BCUT2D eigenvalue weighted by atomic mass is 9.97. The summed E-state index contributed by atoms with van der Waals surface area (Å²) in [5.74, 6) is 0. The van der Waals surface area contributed by atoms with Gasteiger partial charge in [0.1, 0.15) is 0 Å². The summed E-state index contributed by atoms with van der Waals surface area (Å²) in [7, 11) is 0. The highest BCUT2D eigenvalue weighted by molar-refractivity contribution is 7.26. The zero-order valence-electron chi connectivity index (χ0n) is 13.0. The lowest BCUT2D eigenvalue weighted by molar-refractivity contribution is 1.27. The minimum atomic E-state index is 1.06. The third-order valence-corrected chi connectivity index (χ3v) is 6.41. The highest BCUT2D eigenvalue weighted by atomic mass is 32.1. The zero-order valence-corrected chi connectivity index (χ0v) is 13.9. The van der Waals surface area contributed by atoms with Crippen LogP contribution in [0.2, 0.25) is 0 Å². The standard InChI is InChI=1S/C23H14S/c1-2-6-17-14(5-1)11-16-12-15-9-10-22-23(20(15)13-19(16)17)18-7-3-4-8-21(18)24-22/h1-10,12-13H,11H2. The van der Waals surface area contributed by atoms with Crippen molar-refractivity contribution in [2.24, 2.45) is 0 Å². The Morgan fingerprint density at radius 1 is 0.625 bits per heavy atom. The monoisotopic (exact) mass is 322 g/mol. The van der Waals surface area contributed by atoms with Crippen molar-refractivity contribution in [3.8, 4) is 11.1 Å². The quantitative estimate of drug-likeness (QED) is 0.289. The number of hydrogen-bond donors (Lipinski definition) is 0. The van der Waals surface area contributed by atoms with Crippen LogP contribution in [0.25, 0.3) is 42.1 Å². The Balaban J connectivity index is 1.80. The molecule has 1 aliphatic rings. The number of benzene rings is 4. The molecular weight excluding hydrogens is 308 g/mol. The molecule has 5 aromatic rings. The molecule has 0 aliphatic heterocycles. The van der Waals surface area contributed by atoms with Crippen molar-refractivity contribution in [3.63, 3.8) is 0 Å². The molecule has 0 atom stereocenters. The van der Waals surface area contributed by atoms with E-state index in [1.54, 1.807) is 0 Å². The van der Waals surface area contributed by atoms with Crippen molar-refractivity contribution >= 4 is 42.3 Å². The molecule has 0 nitrogen and oxygen atoms in total. The molecule has 6 rings (SSSR count). The predicted molar refractivity (Wildman–Crippen MR) is 105 cm³/mol. The minimum absolute atomic E-state index is 1.06. The van der Waals surface area contributed by atoms with Gasteiger partial charge in [-0.1, -0.05) is 54.6 Å². The molecule has 0 saturated carbocycles. The van der Waals surface area contributed by atoms with Gasteiger partial charge >= 0.3 is 0 Å². The molecule has 0 unspecified atom stereocenters. The molecule has 112 valence electrons. The third-order valence-electron chi connectivity index (χ3n) is 5.27. The fraction of sp³-hybridized carbons (Fsp3) is 0.0435. The van der Waals surface area contributed by atoms with E-state index in [4.69, 9.17) is 0 Å². The molecular formula is C23H14S. The van der Waals surface area contributed by atoms with Crippen molar-refractivity contribution in [2.75, 3.05) is 0 Å². The lowest BCUT2D eigenvalue weighted by Gasteiger charge is -2.06. The molecule has 1 heteroatoms. The second-order valence-corrected chi connectivity index (χ2v) is 7.69. The Labute approximate surface area is 144 Å². The van der Waals surface area contributed by atoms with Gasteiger partial charge in [0.25, 0.3) is 0 Å². The Hall–Kier alpha value is -2.64.